The van der Waals surface area contributed by atoms with Gasteiger partial charge in [-0.2, -0.15) is 4.98 Å². The number of methoxy groups -OCH3 is 1. The molecule has 1 heterocycles. The van der Waals surface area contributed by atoms with Gasteiger partial charge in [-0.3, -0.25) is 9.36 Å². The molecule has 0 aliphatic heterocycles. The third-order valence-electron chi connectivity index (χ3n) is 5.11. The highest BCUT2D eigenvalue weighted by Crippen LogP contribution is 2.32. The van der Waals surface area contributed by atoms with Crippen LogP contribution in [0.5, 0.6) is 5.88 Å². The lowest BCUT2D eigenvalue weighted by molar-refractivity contribution is 0.161. The largest absolute Gasteiger partial charge is 0.606 e. The molecule has 32 heavy (non-hydrogen) atoms. The number of aromatic nitrogens is 2. The van der Waals surface area contributed by atoms with Crippen LogP contribution in [0.25, 0.3) is 0 Å². The quantitative estimate of drug-likeness (QED) is 0.414. The molecule has 0 amide bonds. The number of hydrogen-bond donors (Lipinski definition) is 1. The van der Waals surface area contributed by atoms with Crippen LogP contribution >= 0.6 is 15.9 Å². The van der Waals surface area contributed by atoms with Crippen molar-refractivity contribution in [3.63, 3.8) is 0 Å². The van der Waals surface area contributed by atoms with Gasteiger partial charge in [0.25, 0.3) is 10.8 Å². The van der Waals surface area contributed by atoms with Crippen molar-refractivity contribution in [2.24, 2.45) is 5.92 Å². The first-order valence-corrected chi connectivity index (χ1v) is 12.3. The van der Waals surface area contributed by atoms with Gasteiger partial charge in [-0.25, -0.2) is 0 Å². The van der Waals surface area contributed by atoms with Crippen molar-refractivity contribution in [3.8, 4) is 5.88 Å². The Kier molecular flexibility index (Phi) is 8.53. The first-order chi connectivity index (χ1) is 15.3. The van der Waals surface area contributed by atoms with Crippen molar-refractivity contribution in [1.29, 1.82) is 0 Å². The first kappa shape index (κ1) is 24.5. The van der Waals surface area contributed by atoms with E-state index in [2.05, 4.69) is 34.8 Å². The number of hydrogen-bond acceptors (Lipinski definition) is 5. The molecule has 8 heteroatoms. The maximum absolute atomic E-state index is 13.3. The lowest BCUT2D eigenvalue weighted by Gasteiger charge is -2.25. The number of nitrogens with zero attached hydrogens (tertiary/aromatic N) is 2. The number of rotatable bonds is 9. The van der Waals surface area contributed by atoms with Gasteiger partial charge in [0.2, 0.25) is 0 Å². The van der Waals surface area contributed by atoms with E-state index >= 15 is 0 Å². The standard InChI is InChI=1S/C24H27BrN2O4S/c1-16(2)9-14-21-26-23(28)22(32(30)19-12-10-18(25)11-13-19)24(29)27(21)20(15-31-3)17-7-5-4-6-8-17/h4-8,10-13,16,20,29H,9,14-15H2,1-3H3/t20-,32?/m0/s1. The number of aryl methyl sites for hydroxylation is 1. The summed E-state index contributed by atoms with van der Waals surface area (Å²) in [5.41, 5.74) is 0.212. The molecular weight excluding hydrogens is 492 g/mol. The Morgan fingerprint density at radius 1 is 1.16 bits per heavy atom. The number of ether oxygens (including phenoxy) is 1. The summed E-state index contributed by atoms with van der Waals surface area (Å²) in [5.74, 6) is 0.497. The van der Waals surface area contributed by atoms with Gasteiger partial charge in [-0.05, 0) is 42.2 Å². The van der Waals surface area contributed by atoms with Crippen molar-refractivity contribution in [2.45, 2.75) is 42.5 Å². The fourth-order valence-corrected chi connectivity index (χ4v) is 4.81. The molecule has 2 aromatic carbocycles. The summed E-state index contributed by atoms with van der Waals surface area (Å²) in [6.45, 7) is 4.42. The zero-order valence-corrected chi connectivity index (χ0v) is 20.7. The summed E-state index contributed by atoms with van der Waals surface area (Å²) in [5, 5.41) is 11.3. The van der Waals surface area contributed by atoms with E-state index in [1.807, 2.05) is 30.3 Å². The lowest BCUT2D eigenvalue weighted by atomic mass is 10.0. The Labute approximate surface area is 199 Å². The van der Waals surface area contributed by atoms with Crippen LogP contribution in [0.2, 0.25) is 0 Å². The second kappa shape index (κ2) is 11.1. The van der Waals surface area contributed by atoms with Gasteiger partial charge < -0.3 is 14.4 Å². The molecule has 3 rings (SSSR count). The summed E-state index contributed by atoms with van der Waals surface area (Å²) < 4.78 is 21.2. The molecule has 0 aliphatic carbocycles. The molecular formula is C24H27BrN2O4S. The molecule has 1 aromatic heterocycles. The van der Waals surface area contributed by atoms with E-state index in [0.717, 1.165) is 16.5 Å². The summed E-state index contributed by atoms with van der Waals surface area (Å²) >= 11 is 1.46. The van der Waals surface area contributed by atoms with E-state index in [1.54, 1.807) is 35.9 Å². The predicted molar refractivity (Wildman–Crippen MR) is 129 cm³/mol. The second-order valence-corrected chi connectivity index (χ2v) is 10.2. The van der Waals surface area contributed by atoms with Crippen LogP contribution in [0, 0.1) is 5.92 Å². The topological polar surface area (TPSA) is 87.4 Å². The normalized spacial score (nSPS) is 13.3. The molecule has 0 aliphatic rings. The highest BCUT2D eigenvalue weighted by molar-refractivity contribution is 9.10. The van der Waals surface area contributed by atoms with Gasteiger partial charge in [0, 0.05) is 29.2 Å². The van der Waals surface area contributed by atoms with Crippen molar-refractivity contribution in [1.82, 2.24) is 9.55 Å². The molecule has 0 bridgehead atoms. The molecule has 1 N–H and O–H groups in total. The van der Waals surface area contributed by atoms with E-state index in [9.17, 15) is 14.5 Å². The van der Waals surface area contributed by atoms with Gasteiger partial charge in [-0.15, -0.1) is 0 Å². The molecule has 6 nitrogen and oxygen atoms in total. The molecule has 3 aromatic rings. The van der Waals surface area contributed by atoms with E-state index in [1.165, 1.54) is 0 Å². The van der Waals surface area contributed by atoms with E-state index in [0.29, 0.717) is 23.1 Å². The Hall–Kier alpha value is -2.13. The summed E-state index contributed by atoms with van der Waals surface area (Å²) in [6, 6.07) is 15.9. The number of aromatic hydroxyl groups is 1. The fourth-order valence-electron chi connectivity index (χ4n) is 3.46. The molecule has 0 spiro atoms. The van der Waals surface area contributed by atoms with Crippen LogP contribution in [0.4, 0.5) is 0 Å². The highest BCUT2D eigenvalue weighted by Gasteiger charge is 2.31. The van der Waals surface area contributed by atoms with Crippen molar-refractivity contribution < 1.29 is 14.4 Å². The third-order valence-corrected chi connectivity index (χ3v) is 7.07. The zero-order chi connectivity index (χ0) is 23.3. The van der Waals surface area contributed by atoms with Crippen LogP contribution in [0.15, 0.2) is 73.7 Å². The van der Waals surface area contributed by atoms with Gasteiger partial charge in [0.1, 0.15) is 5.82 Å². The summed E-state index contributed by atoms with van der Waals surface area (Å²) in [7, 11) is 1.58. The number of halogens is 1. The highest BCUT2D eigenvalue weighted by atomic mass is 79.9. The minimum atomic E-state index is -1.89. The van der Waals surface area contributed by atoms with Crippen LogP contribution in [-0.4, -0.2) is 32.9 Å². The average molecular weight is 519 g/mol. The summed E-state index contributed by atoms with van der Waals surface area (Å²) in [6.07, 6.45) is 1.29. The lowest BCUT2D eigenvalue weighted by Crippen LogP contribution is -2.29. The van der Waals surface area contributed by atoms with Crippen LogP contribution in [0.1, 0.15) is 37.7 Å². The second-order valence-electron chi connectivity index (χ2n) is 7.89. The van der Waals surface area contributed by atoms with Crippen LogP contribution in [0.3, 0.4) is 0 Å². The monoisotopic (exact) mass is 518 g/mol. The molecule has 170 valence electrons. The first-order valence-electron chi connectivity index (χ1n) is 10.4. The molecule has 0 saturated heterocycles. The Morgan fingerprint density at radius 2 is 1.81 bits per heavy atom. The SMILES string of the molecule is COC[C@@H](c1ccccc1)n1c(CCC(C)C)nc(=O)c([S+]([O-])c2ccc(Br)cc2)c1O. The maximum Gasteiger partial charge on any atom is 0.333 e. The van der Waals surface area contributed by atoms with Gasteiger partial charge in [0.15, 0.2) is 4.90 Å². The van der Waals surface area contributed by atoms with Crippen molar-refractivity contribution >= 4 is 27.1 Å². The van der Waals surface area contributed by atoms with Crippen LogP contribution in [-0.2, 0) is 22.3 Å². The maximum atomic E-state index is 13.3. The Balaban J connectivity index is 2.20. The van der Waals surface area contributed by atoms with Crippen LogP contribution < -0.4 is 5.56 Å². The molecule has 0 fully saturated rings. The Bertz CT molecular complexity index is 1090. The van der Waals surface area contributed by atoms with Gasteiger partial charge in [0.05, 0.1) is 12.6 Å². The molecule has 1 unspecified atom stereocenters. The van der Waals surface area contributed by atoms with Gasteiger partial charge >= 0.3 is 5.56 Å². The number of benzene rings is 2. The smallest absolute Gasteiger partial charge is 0.333 e. The van der Waals surface area contributed by atoms with Crippen molar-refractivity contribution in [2.75, 3.05) is 13.7 Å². The van der Waals surface area contributed by atoms with E-state index < -0.39 is 22.8 Å². The van der Waals surface area contributed by atoms with Gasteiger partial charge in [-0.1, -0.05) is 60.1 Å². The molecule has 2 atom stereocenters. The zero-order valence-electron chi connectivity index (χ0n) is 18.3. The minimum absolute atomic E-state index is 0.224. The third kappa shape index (κ3) is 5.61. The minimum Gasteiger partial charge on any atom is -0.606 e. The molecule has 0 radical (unpaired) electrons. The average Bonchev–Trinajstić information content (AvgIpc) is 2.77. The van der Waals surface area contributed by atoms with E-state index in [4.69, 9.17) is 4.74 Å². The molecule has 0 saturated carbocycles. The Morgan fingerprint density at radius 3 is 2.41 bits per heavy atom. The fraction of sp³-hybridized carbons (Fsp3) is 0.333. The summed E-state index contributed by atoms with van der Waals surface area (Å²) in [4.78, 5) is 17.4. The predicted octanol–water partition coefficient (Wildman–Crippen LogP) is 4.70. The van der Waals surface area contributed by atoms with Crippen molar-refractivity contribution in [3.05, 3.63) is 80.8 Å². The van der Waals surface area contributed by atoms with E-state index in [-0.39, 0.29) is 17.4 Å².